The number of nitrogens with two attached hydrogens (primary N) is 1. The average molecular weight is 341 g/mol. The van der Waals surface area contributed by atoms with Gasteiger partial charge in [-0.2, -0.15) is 0 Å². The Labute approximate surface area is 125 Å². The second kappa shape index (κ2) is 7.03. The molecule has 3 nitrogen and oxygen atoms in total. The number of rotatable bonds is 6. The molecule has 1 aromatic carbocycles. The van der Waals surface area contributed by atoms with Crippen LogP contribution in [-0.4, -0.2) is 17.6 Å². The van der Waals surface area contributed by atoms with Gasteiger partial charge in [0.25, 0.3) is 0 Å². The molecule has 0 spiro atoms. The quantitative estimate of drug-likeness (QED) is 0.874. The third-order valence-corrected chi connectivity index (χ3v) is 4.06. The summed E-state index contributed by atoms with van der Waals surface area (Å²) in [4.78, 5) is 4.42. The summed E-state index contributed by atoms with van der Waals surface area (Å²) >= 11 is 5.06. The first kappa shape index (κ1) is 14.5. The van der Waals surface area contributed by atoms with Gasteiger partial charge in [0.15, 0.2) is 0 Å². The highest BCUT2D eigenvalue weighted by Crippen LogP contribution is 2.16. The summed E-state index contributed by atoms with van der Waals surface area (Å²) < 4.78 is 6.71. The summed E-state index contributed by atoms with van der Waals surface area (Å²) in [5.41, 5.74) is 7.16. The van der Waals surface area contributed by atoms with E-state index in [1.807, 2.05) is 31.2 Å². The summed E-state index contributed by atoms with van der Waals surface area (Å²) in [6.07, 6.45) is 1.64. The van der Waals surface area contributed by atoms with Gasteiger partial charge in [-0.05, 0) is 37.6 Å². The first-order chi connectivity index (χ1) is 9.13. The van der Waals surface area contributed by atoms with Crippen molar-refractivity contribution in [3.63, 3.8) is 0 Å². The molecule has 0 saturated heterocycles. The van der Waals surface area contributed by atoms with Crippen molar-refractivity contribution in [2.75, 3.05) is 6.61 Å². The van der Waals surface area contributed by atoms with Gasteiger partial charge in [0.2, 0.25) is 0 Å². The molecular weight excluding hydrogens is 324 g/mol. The fraction of sp³-hybridized carbons (Fsp3) is 0.357. The van der Waals surface area contributed by atoms with Crippen molar-refractivity contribution in [1.82, 2.24) is 4.98 Å². The molecule has 1 heterocycles. The van der Waals surface area contributed by atoms with Gasteiger partial charge < -0.3 is 10.5 Å². The first-order valence-corrected chi connectivity index (χ1v) is 7.85. The zero-order valence-corrected chi connectivity index (χ0v) is 13.2. The number of ether oxygens (including phenoxy) is 1. The Morgan fingerprint density at radius 2 is 2.11 bits per heavy atom. The molecule has 2 rings (SSSR count). The highest BCUT2D eigenvalue weighted by atomic mass is 79.9. The van der Waals surface area contributed by atoms with Crippen molar-refractivity contribution in [3.8, 4) is 5.75 Å². The molecule has 1 unspecified atom stereocenters. The lowest BCUT2D eigenvalue weighted by Crippen LogP contribution is -2.25. The third-order valence-electron chi connectivity index (χ3n) is 2.71. The number of aryl methyl sites for hydroxylation is 1. The fourth-order valence-corrected chi connectivity index (χ4v) is 2.62. The van der Waals surface area contributed by atoms with Gasteiger partial charge in [-0.25, -0.2) is 4.98 Å². The summed E-state index contributed by atoms with van der Waals surface area (Å²) in [6.45, 7) is 2.64. The molecule has 0 aliphatic heterocycles. The molecule has 0 aliphatic rings. The number of thiazole rings is 1. The van der Waals surface area contributed by atoms with Crippen molar-refractivity contribution in [2.45, 2.75) is 25.8 Å². The van der Waals surface area contributed by atoms with Crippen LogP contribution in [0.25, 0.3) is 0 Å². The average Bonchev–Trinajstić information content (AvgIpc) is 2.77. The van der Waals surface area contributed by atoms with Crippen LogP contribution in [0.2, 0.25) is 0 Å². The van der Waals surface area contributed by atoms with Crippen LogP contribution in [0.3, 0.4) is 0 Å². The van der Waals surface area contributed by atoms with Crippen LogP contribution < -0.4 is 10.5 Å². The Balaban J connectivity index is 1.71. The Kier molecular flexibility index (Phi) is 5.36. The highest BCUT2D eigenvalue weighted by Gasteiger charge is 2.07. The largest absolute Gasteiger partial charge is 0.494 e. The Morgan fingerprint density at radius 3 is 2.74 bits per heavy atom. The van der Waals surface area contributed by atoms with E-state index in [1.54, 1.807) is 11.3 Å². The molecule has 1 atom stereocenters. The summed E-state index contributed by atoms with van der Waals surface area (Å²) in [6, 6.07) is 7.91. The normalized spacial score (nSPS) is 12.4. The molecular formula is C14H17BrN2OS. The minimum Gasteiger partial charge on any atom is -0.494 e. The van der Waals surface area contributed by atoms with Crippen molar-refractivity contribution in [2.24, 2.45) is 5.73 Å². The molecule has 0 amide bonds. The molecule has 19 heavy (non-hydrogen) atoms. The highest BCUT2D eigenvalue weighted by molar-refractivity contribution is 9.10. The summed E-state index contributed by atoms with van der Waals surface area (Å²) in [7, 11) is 0. The van der Waals surface area contributed by atoms with E-state index >= 15 is 0 Å². The number of nitrogens with zero attached hydrogens (tertiary/aromatic N) is 1. The lowest BCUT2D eigenvalue weighted by Gasteiger charge is -2.11. The topological polar surface area (TPSA) is 48.1 Å². The van der Waals surface area contributed by atoms with Crippen molar-refractivity contribution < 1.29 is 4.74 Å². The van der Waals surface area contributed by atoms with Gasteiger partial charge in [-0.1, -0.05) is 15.9 Å². The smallest absolute Gasteiger partial charge is 0.119 e. The first-order valence-electron chi connectivity index (χ1n) is 6.18. The van der Waals surface area contributed by atoms with Gasteiger partial charge >= 0.3 is 0 Å². The van der Waals surface area contributed by atoms with E-state index in [9.17, 15) is 0 Å². The lowest BCUT2D eigenvalue weighted by molar-refractivity contribution is 0.297. The molecule has 2 aromatic rings. The van der Waals surface area contributed by atoms with Crippen LogP contribution in [0.5, 0.6) is 5.75 Å². The van der Waals surface area contributed by atoms with E-state index < -0.39 is 0 Å². The molecule has 2 N–H and O–H groups in total. The SMILES string of the molecule is Cc1nc(CC(N)CCOc2ccc(Br)cc2)cs1. The molecule has 0 saturated carbocycles. The van der Waals surface area contributed by atoms with Gasteiger partial charge in [-0.15, -0.1) is 11.3 Å². The summed E-state index contributed by atoms with van der Waals surface area (Å²) in [5.74, 6) is 0.875. The maximum atomic E-state index is 6.08. The number of aromatic nitrogens is 1. The van der Waals surface area contributed by atoms with Crippen molar-refractivity contribution in [3.05, 3.63) is 44.8 Å². The molecule has 102 valence electrons. The fourth-order valence-electron chi connectivity index (χ4n) is 1.73. The molecule has 0 bridgehead atoms. The molecule has 0 fully saturated rings. The van der Waals surface area contributed by atoms with Crippen LogP contribution in [0.4, 0.5) is 0 Å². The monoisotopic (exact) mass is 340 g/mol. The Hall–Kier alpha value is -0.910. The Bertz CT molecular complexity index is 512. The minimum absolute atomic E-state index is 0.0944. The van der Waals surface area contributed by atoms with Crippen LogP contribution in [-0.2, 0) is 6.42 Å². The lowest BCUT2D eigenvalue weighted by atomic mass is 10.1. The predicted octanol–water partition coefficient (Wildman–Crippen LogP) is 3.55. The van der Waals surface area contributed by atoms with Crippen LogP contribution in [0.15, 0.2) is 34.1 Å². The van der Waals surface area contributed by atoms with Gasteiger partial charge in [-0.3, -0.25) is 0 Å². The molecule has 0 radical (unpaired) electrons. The van der Waals surface area contributed by atoms with Gasteiger partial charge in [0.1, 0.15) is 5.75 Å². The van der Waals surface area contributed by atoms with Crippen LogP contribution in [0.1, 0.15) is 17.1 Å². The maximum Gasteiger partial charge on any atom is 0.119 e. The van der Waals surface area contributed by atoms with Crippen LogP contribution >= 0.6 is 27.3 Å². The zero-order chi connectivity index (χ0) is 13.7. The van der Waals surface area contributed by atoms with E-state index in [1.165, 1.54) is 0 Å². The third kappa shape index (κ3) is 4.93. The van der Waals surface area contributed by atoms with Crippen molar-refractivity contribution >= 4 is 27.3 Å². The number of benzene rings is 1. The molecule has 0 aliphatic carbocycles. The Morgan fingerprint density at radius 1 is 1.37 bits per heavy atom. The van der Waals surface area contributed by atoms with E-state index in [4.69, 9.17) is 10.5 Å². The molecule has 1 aromatic heterocycles. The predicted molar refractivity (Wildman–Crippen MR) is 82.8 cm³/mol. The summed E-state index contributed by atoms with van der Waals surface area (Å²) in [5, 5.41) is 3.17. The zero-order valence-electron chi connectivity index (χ0n) is 10.8. The van der Waals surface area contributed by atoms with E-state index in [0.29, 0.717) is 6.61 Å². The second-order valence-corrected chi connectivity index (χ2v) is 6.39. The van der Waals surface area contributed by atoms with Gasteiger partial charge in [0.05, 0.1) is 17.3 Å². The number of halogens is 1. The van der Waals surface area contributed by atoms with E-state index in [-0.39, 0.29) is 6.04 Å². The minimum atomic E-state index is 0.0944. The van der Waals surface area contributed by atoms with Crippen LogP contribution in [0, 0.1) is 6.92 Å². The number of hydrogen-bond donors (Lipinski definition) is 1. The van der Waals surface area contributed by atoms with E-state index in [0.717, 1.165) is 33.8 Å². The second-order valence-electron chi connectivity index (χ2n) is 4.41. The molecule has 5 heteroatoms. The maximum absolute atomic E-state index is 6.08. The standard InChI is InChI=1S/C14H17BrN2OS/c1-10-17-13(9-19-10)8-12(16)6-7-18-14-4-2-11(15)3-5-14/h2-5,9,12H,6-8,16H2,1H3. The van der Waals surface area contributed by atoms with E-state index in [2.05, 4.69) is 26.3 Å². The van der Waals surface area contributed by atoms with Crippen molar-refractivity contribution in [1.29, 1.82) is 0 Å². The van der Waals surface area contributed by atoms with Gasteiger partial charge in [0, 0.05) is 22.3 Å². The number of hydrogen-bond acceptors (Lipinski definition) is 4.